The summed E-state index contributed by atoms with van der Waals surface area (Å²) in [4.78, 5) is 14.8. The second kappa shape index (κ2) is 9.04. The van der Waals surface area contributed by atoms with Gasteiger partial charge in [-0.05, 0) is 37.0 Å². The van der Waals surface area contributed by atoms with Crippen molar-refractivity contribution >= 4 is 23.4 Å². The summed E-state index contributed by atoms with van der Waals surface area (Å²) >= 11 is 1.42. The largest absolute Gasteiger partial charge is 0.309 e. The Balaban J connectivity index is 1.73. The Morgan fingerprint density at radius 1 is 1.03 bits per heavy atom. The highest BCUT2D eigenvalue weighted by Crippen LogP contribution is 2.27. The van der Waals surface area contributed by atoms with E-state index in [1.54, 1.807) is 0 Å². The van der Waals surface area contributed by atoms with E-state index in [4.69, 9.17) is 0 Å². The molecule has 1 amide bonds. The first kappa shape index (κ1) is 22.1. The zero-order chi connectivity index (χ0) is 21.9. The van der Waals surface area contributed by atoms with Crippen LogP contribution in [0.2, 0.25) is 0 Å². The average molecular weight is 423 g/mol. The predicted octanol–water partition coefficient (Wildman–Crippen LogP) is 5.31. The van der Waals surface area contributed by atoms with E-state index in [0.29, 0.717) is 5.75 Å². The van der Waals surface area contributed by atoms with E-state index in [1.807, 2.05) is 60.7 Å². The fraction of sp³-hybridized carbons (Fsp3) is 0.375. The number of rotatable bonds is 6. The van der Waals surface area contributed by atoms with E-state index < -0.39 is 0 Å². The van der Waals surface area contributed by atoms with Gasteiger partial charge in [0.05, 0.1) is 5.75 Å². The lowest BCUT2D eigenvalue weighted by Gasteiger charge is -2.26. The van der Waals surface area contributed by atoms with Crippen LogP contribution in [0.1, 0.15) is 40.2 Å². The summed E-state index contributed by atoms with van der Waals surface area (Å²) in [5.74, 6) is 1.16. The number of aromatic nitrogens is 3. The molecule has 0 radical (unpaired) electrons. The van der Waals surface area contributed by atoms with Gasteiger partial charge in [0.1, 0.15) is 0 Å². The van der Waals surface area contributed by atoms with E-state index in [-0.39, 0.29) is 17.4 Å². The van der Waals surface area contributed by atoms with E-state index in [2.05, 4.69) is 55.2 Å². The van der Waals surface area contributed by atoms with Crippen molar-refractivity contribution in [3.63, 3.8) is 0 Å². The Bertz CT molecular complexity index is 988. The number of hydrogen-bond donors (Lipinski definition) is 0. The van der Waals surface area contributed by atoms with Gasteiger partial charge in [-0.25, -0.2) is 0 Å². The molecular formula is C24H30N4OS. The summed E-state index contributed by atoms with van der Waals surface area (Å²) in [5, 5.41) is 9.41. The fourth-order valence-corrected chi connectivity index (χ4v) is 4.10. The van der Waals surface area contributed by atoms with E-state index >= 15 is 0 Å². The molecule has 3 aromatic rings. The maximum absolute atomic E-state index is 12.9. The minimum Gasteiger partial charge on any atom is -0.309 e. The number of amides is 1. The molecule has 158 valence electrons. The molecule has 5 nitrogen and oxygen atoms in total. The second-order valence-electron chi connectivity index (χ2n) is 8.67. The Morgan fingerprint density at radius 2 is 1.67 bits per heavy atom. The molecule has 0 spiro atoms. The first-order valence-corrected chi connectivity index (χ1v) is 11.2. The van der Waals surface area contributed by atoms with Crippen LogP contribution in [0.25, 0.3) is 11.4 Å². The zero-order valence-corrected chi connectivity index (χ0v) is 19.4. The first-order valence-electron chi connectivity index (χ1n) is 10.2. The summed E-state index contributed by atoms with van der Waals surface area (Å²) in [6.07, 6.45) is 0. The number of carbonyl (C=O) groups is 1. The summed E-state index contributed by atoms with van der Waals surface area (Å²) in [6.45, 7) is 10.7. The van der Waals surface area contributed by atoms with Crippen molar-refractivity contribution < 1.29 is 4.79 Å². The summed E-state index contributed by atoms with van der Waals surface area (Å²) < 4.78 is 1.95. The minimum absolute atomic E-state index is 0.0558. The quantitative estimate of drug-likeness (QED) is 0.505. The van der Waals surface area contributed by atoms with Crippen molar-refractivity contribution in [1.29, 1.82) is 0 Å². The molecule has 0 aliphatic carbocycles. The van der Waals surface area contributed by atoms with Gasteiger partial charge in [-0.3, -0.25) is 4.79 Å². The normalized spacial score (nSPS) is 11.7. The molecule has 1 heterocycles. The minimum atomic E-state index is 0.0558. The van der Waals surface area contributed by atoms with Crippen LogP contribution in [-0.2, 0) is 17.3 Å². The third kappa shape index (κ3) is 4.93. The molecule has 0 fully saturated rings. The van der Waals surface area contributed by atoms with Crippen molar-refractivity contribution in [1.82, 2.24) is 14.8 Å². The predicted molar refractivity (Wildman–Crippen MR) is 125 cm³/mol. The second-order valence-corrected chi connectivity index (χ2v) is 9.62. The van der Waals surface area contributed by atoms with Crippen LogP contribution in [0.5, 0.6) is 0 Å². The van der Waals surface area contributed by atoms with Crippen molar-refractivity contribution in [3.05, 3.63) is 60.2 Å². The first-order chi connectivity index (χ1) is 14.2. The maximum Gasteiger partial charge on any atom is 0.237 e. The van der Waals surface area contributed by atoms with Gasteiger partial charge >= 0.3 is 0 Å². The molecule has 6 heteroatoms. The molecule has 0 saturated heterocycles. The Hall–Kier alpha value is -2.60. The standard InChI is InChI=1S/C24H30N4OS/c1-17(2)28(20-10-8-7-9-11-20)21(29)16-30-23-26-25-22(27(23)6)18-12-14-19(15-13-18)24(3,4)5/h7-15,17H,16H2,1-6H3. The van der Waals surface area contributed by atoms with Crippen LogP contribution >= 0.6 is 11.8 Å². The molecule has 0 atom stereocenters. The van der Waals surface area contributed by atoms with E-state index in [0.717, 1.165) is 22.2 Å². The van der Waals surface area contributed by atoms with Gasteiger partial charge in [0.25, 0.3) is 0 Å². The van der Waals surface area contributed by atoms with Crippen LogP contribution < -0.4 is 4.90 Å². The third-order valence-electron chi connectivity index (χ3n) is 4.99. The van der Waals surface area contributed by atoms with Crippen LogP contribution in [0.4, 0.5) is 5.69 Å². The van der Waals surface area contributed by atoms with Gasteiger partial charge in [-0.1, -0.05) is 75.0 Å². The lowest BCUT2D eigenvalue weighted by molar-refractivity contribution is -0.116. The van der Waals surface area contributed by atoms with Gasteiger partial charge in [-0.15, -0.1) is 10.2 Å². The Morgan fingerprint density at radius 3 is 2.23 bits per heavy atom. The molecule has 0 aliphatic heterocycles. The number of hydrogen-bond acceptors (Lipinski definition) is 4. The number of anilines is 1. The van der Waals surface area contributed by atoms with Crippen LogP contribution in [0, 0.1) is 0 Å². The fourth-order valence-electron chi connectivity index (χ4n) is 3.33. The number of thioether (sulfide) groups is 1. The highest BCUT2D eigenvalue weighted by Gasteiger charge is 2.21. The number of carbonyl (C=O) groups excluding carboxylic acids is 1. The Kier molecular flexibility index (Phi) is 6.66. The lowest BCUT2D eigenvalue weighted by atomic mass is 9.87. The monoisotopic (exact) mass is 422 g/mol. The van der Waals surface area contributed by atoms with Crippen molar-refractivity contribution in [2.45, 2.75) is 51.2 Å². The van der Waals surface area contributed by atoms with E-state index in [1.165, 1.54) is 17.3 Å². The topological polar surface area (TPSA) is 51.0 Å². The van der Waals surface area contributed by atoms with Crippen molar-refractivity contribution in [3.8, 4) is 11.4 Å². The maximum atomic E-state index is 12.9. The molecule has 3 rings (SSSR count). The van der Waals surface area contributed by atoms with Crippen LogP contribution in [0.15, 0.2) is 59.8 Å². The van der Waals surface area contributed by atoms with E-state index in [9.17, 15) is 4.79 Å². The third-order valence-corrected chi connectivity index (χ3v) is 5.99. The molecule has 0 aliphatic rings. The van der Waals surface area contributed by atoms with Gasteiger partial charge in [0.15, 0.2) is 11.0 Å². The molecule has 0 unspecified atom stereocenters. The summed E-state index contributed by atoms with van der Waals surface area (Å²) in [6, 6.07) is 18.3. The van der Waals surface area contributed by atoms with Gasteiger partial charge < -0.3 is 9.47 Å². The van der Waals surface area contributed by atoms with Crippen LogP contribution in [-0.4, -0.2) is 32.5 Å². The zero-order valence-electron chi connectivity index (χ0n) is 18.6. The smallest absolute Gasteiger partial charge is 0.237 e. The average Bonchev–Trinajstić information content (AvgIpc) is 3.07. The molecule has 0 bridgehead atoms. The highest BCUT2D eigenvalue weighted by atomic mass is 32.2. The van der Waals surface area contributed by atoms with Gasteiger partial charge in [-0.2, -0.15) is 0 Å². The van der Waals surface area contributed by atoms with Crippen LogP contribution in [0.3, 0.4) is 0 Å². The van der Waals surface area contributed by atoms with Gasteiger partial charge in [0, 0.05) is 24.3 Å². The highest BCUT2D eigenvalue weighted by molar-refractivity contribution is 7.99. The number of benzene rings is 2. The number of nitrogens with zero attached hydrogens (tertiary/aromatic N) is 4. The molecule has 0 N–H and O–H groups in total. The molecule has 30 heavy (non-hydrogen) atoms. The van der Waals surface area contributed by atoms with Crippen molar-refractivity contribution in [2.75, 3.05) is 10.7 Å². The lowest BCUT2D eigenvalue weighted by Crippen LogP contribution is -2.38. The molecular weight excluding hydrogens is 392 g/mol. The SMILES string of the molecule is CC(C)N(C(=O)CSc1nnc(-c2ccc(C(C)(C)C)cc2)n1C)c1ccccc1. The molecule has 0 saturated carbocycles. The molecule has 1 aromatic heterocycles. The number of para-hydroxylation sites is 1. The van der Waals surface area contributed by atoms with Gasteiger partial charge in [0.2, 0.25) is 5.91 Å². The Labute approximate surface area is 183 Å². The molecule has 2 aromatic carbocycles. The van der Waals surface area contributed by atoms with Crippen molar-refractivity contribution in [2.24, 2.45) is 7.05 Å². The summed E-state index contributed by atoms with van der Waals surface area (Å²) in [7, 11) is 1.94. The summed E-state index contributed by atoms with van der Waals surface area (Å²) in [5.41, 5.74) is 3.32.